The van der Waals surface area contributed by atoms with Crippen molar-refractivity contribution in [3.8, 4) is 11.5 Å². The first-order valence-electron chi connectivity index (χ1n) is 9.07. The van der Waals surface area contributed by atoms with Crippen molar-refractivity contribution in [2.75, 3.05) is 7.11 Å². The zero-order valence-electron chi connectivity index (χ0n) is 14.3. The van der Waals surface area contributed by atoms with Crippen LogP contribution in [0.5, 0.6) is 11.5 Å². The normalized spacial score (nSPS) is 33.5. The van der Waals surface area contributed by atoms with Crippen molar-refractivity contribution in [3.05, 3.63) is 23.8 Å². The van der Waals surface area contributed by atoms with Crippen molar-refractivity contribution >= 4 is 5.97 Å². The van der Waals surface area contributed by atoms with Crippen LogP contribution in [0.4, 0.5) is 0 Å². The molecule has 1 N–H and O–H groups in total. The van der Waals surface area contributed by atoms with Gasteiger partial charge in [-0.25, -0.2) is 0 Å². The summed E-state index contributed by atoms with van der Waals surface area (Å²) >= 11 is 0. The van der Waals surface area contributed by atoms with Crippen LogP contribution in [0.15, 0.2) is 18.2 Å². The summed E-state index contributed by atoms with van der Waals surface area (Å²) in [6, 6.07) is 5.20. The Morgan fingerprint density at radius 2 is 1.75 bits per heavy atom. The molecule has 1 aromatic rings. The van der Waals surface area contributed by atoms with E-state index in [2.05, 4.69) is 0 Å². The van der Waals surface area contributed by atoms with Crippen LogP contribution in [0.3, 0.4) is 0 Å². The van der Waals surface area contributed by atoms with Crippen LogP contribution in [0, 0.1) is 23.2 Å². The molecule has 0 heterocycles. The van der Waals surface area contributed by atoms with Crippen molar-refractivity contribution in [3.63, 3.8) is 0 Å². The second-order valence-electron chi connectivity index (χ2n) is 8.21. The van der Waals surface area contributed by atoms with Crippen molar-refractivity contribution in [1.29, 1.82) is 0 Å². The van der Waals surface area contributed by atoms with E-state index in [-0.39, 0.29) is 18.0 Å². The lowest BCUT2D eigenvalue weighted by Gasteiger charge is -2.56. The molecule has 0 unspecified atom stereocenters. The third kappa shape index (κ3) is 2.92. The fourth-order valence-corrected chi connectivity index (χ4v) is 5.87. The van der Waals surface area contributed by atoms with Crippen LogP contribution in [0.25, 0.3) is 0 Å². The predicted molar refractivity (Wildman–Crippen MR) is 89.8 cm³/mol. The molecule has 0 atom stereocenters. The van der Waals surface area contributed by atoms with Gasteiger partial charge in [0.15, 0.2) is 11.5 Å². The van der Waals surface area contributed by atoms with E-state index in [1.165, 1.54) is 38.5 Å². The number of hydrogen-bond acceptors (Lipinski definition) is 4. The molecular weight excluding hydrogens is 304 g/mol. The maximum atomic E-state index is 12.6. The van der Waals surface area contributed by atoms with Crippen molar-refractivity contribution in [1.82, 2.24) is 0 Å². The number of aliphatic hydroxyl groups is 1. The Hall–Kier alpha value is -1.55. The van der Waals surface area contributed by atoms with E-state index in [0.717, 1.165) is 17.8 Å². The number of aliphatic hydroxyl groups excluding tert-OH is 1. The van der Waals surface area contributed by atoms with E-state index in [1.54, 1.807) is 25.3 Å². The Morgan fingerprint density at radius 1 is 1.12 bits per heavy atom. The van der Waals surface area contributed by atoms with Gasteiger partial charge in [0.05, 0.1) is 20.1 Å². The molecule has 0 radical (unpaired) electrons. The molecule has 130 valence electrons. The number of esters is 1. The number of rotatable bonds is 5. The molecule has 4 bridgehead atoms. The highest BCUT2D eigenvalue weighted by atomic mass is 16.6. The minimum atomic E-state index is -0.162. The fourth-order valence-electron chi connectivity index (χ4n) is 5.87. The number of ether oxygens (including phenoxy) is 2. The molecule has 4 heteroatoms. The van der Waals surface area contributed by atoms with Gasteiger partial charge in [-0.15, -0.1) is 0 Å². The van der Waals surface area contributed by atoms with Crippen molar-refractivity contribution in [2.45, 2.75) is 51.6 Å². The predicted octanol–water partition coefficient (Wildman–Crippen LogP) is 3.70. The van der Waals surface area contributed by atoms with Gasteiger partial charge in [-0.1, -0.05) is 6.07 Å². The van der Waals surface area contributed by atoms with E-state index >= 15 is 0 Å². The molecule has 4 saturated carbocycles. The van der Waals surface area contributed by atoms with E-state index < -0.39 is 0 Å². The van der Waals surface area contributed by atoms with Gasteiger partial charge in [0, 0.05) is 0 Å². The molecule has 0 amide bonds. The summed E-state index contributed by atoms with van der Waals surface area (Å²) < 4.78 is 10.9. The summed E-state index contributed by atoms with van der Waals surface area (Å²) in [5.74, 6) is 3.28. The number of hydrogen-bond donors (Lipinski definition) is 1. The standard InChI is InChI=1S/C20H26O4/c1-23-17-3-2-13(12-21)7-18(17)24-19(22)11-20-8-14-4-15(9-20)6-16(5-14)10-20/h2-3,7,14-16,21H,4-6,8-12H2,1H3. The second-order valence-corrected chi connectivity index (χ2v) is 8.21. The summed E-state index contributed by atoms with van der Waals surface area (Å²) in [7, 11) is 1.56. The second kappa shape index (κ2) is 6.07. The third-order valence-electron chi connectivity index (χ3n) is 6.32. The molecule has 4 fully saturated rings. The molecule has 1 aromatic carbocycles. The highest BCUT2D eigenvalue weighted by Crippen LogP contribution is 2.61. The minimum Gasteiger partial charge on any atom is -0.493 e. The van der Waals surface area contributed by atoms with Crippen LogP contribution < -0.4 is 9.47 Å². The number of methoxy groups -OCH3 is 1. The van der Waals surface area contributed by atoms with E-state index in [4.69, 9.17) is 9.47 Å². The Bertz CT molecular complexity index is 601. The number of carbonyl (C=O) groups is 1. The fraction of sp³-hybridized carbons (Fsp3) is 0.650. The van der Waals surface area contributed by atoms with Crippen LogP contribution >= 0.6 is 0 Å². The summed E-state index contributed by atoms with van der Waals surface area (Å²) in [6.07, 6.45) is 8.23. The van der Waals surface area contributed by atoms with Crippen LogP contribution in [0.2, 0.25) is 0 Å². The smallest absolute Gasteiger partial charge is 0.311 e. The van der Waals surface area contributed by atoms with Gasteiger partial charge in [-0.2, -0.15) is 0 Å². The molecule has 4 aliphatic carbocycles. The Labute approximate surface area is 143 Å². The van der Waals surface area contributed by atoms with Gasteiger partial charge in [-0.05, 0) is 79.4 Å². The van der Waals surface area contributed by atoms with Gasteiger partial charge in [0.25, 0.3) is 0 Å². The topological polar surface area (TPSA) is 55.8 Å². The lowest BCUT2D eigenvalue weighted by molar-refractivity contribution is -0.142. The van der Waals surface area contributed by atoms with Gasteiger partial charge in [0.2, 0.25) is 0 Å². The van der Waals surface area contributed by atoms with E-state index in [0.29, 0.717) is 23.5 Å². The van der Waals surface area contributed by atoms with Crippen LogP contribution in [-0.4, -0.2) is 18.2 Å². The average Bonchev–Trinajstić information content (AvgIpc) is 2.52. The van der Waals surface area contributed by atoms with Gasteiger partial charge in [-0.3, -0.25) is 4.79 Å². The average molecular weight is 330 g/mol. The summed E-state index contributed by atoms with van der Waals surface area (Å²) in [5.41, 5.74) is 0.890. The molecule has 4 aliphatic rings. The van der Waals surface area contributed by atoms with Crippen molar-refractivity contribution < 1.29 is 19.4 Å². The highest BCUT2D eigenvalue weighted by Gasteiger charge is 2.51. The zero-order valence-corrected chi connectivity index (χ0v) is 14.3. The monoisotopic (exact) mass is 330 g/mol. The first-order valence-corrected chi connectivity index (χ1v) is 9.07. The molecule has 0 aliphatic heterocycles. The zero-order chi connectivity index (χ0) is 16.7. The number of benzene rings is 1. The largest absolute Gasteiger partial charge is 0.493 e. The summed E-state index contributed by atoms with van der Waals surface area (Å²) in [4.78, 5) is 12.6. The molecular formula is C20H26O4. The maximum Gasteiger partial charge on any atom is 0.311 e. The lowest BCUT2D eigenvalue weighted by atomic mass is 9.49. The number of carbonyl (C=O) groups excluding carboxylic acids is 1. The van der Waals surface area contributed by atoms with Gasteiger partial charge >= 0.3 is 5.97 Å². The quantitative estimate of drug-likeness (QED) is 0.661. The Morgan fingerprint density at radius 3 is 2.29 bits per heavy atom. The molecule has 0 saturated heterocycles. The molecule has 24 heavy (non-hydrogen) atoms. The first kappa shape index (κ1) is 15.9. The Balaban J connectivity index is 1.47. The third-order valence-corrected chi connectivity index (χ3v) is 6.32. The van der Waals surface area contributed by atoms with Gasteiger partial charge in [0.1, 0.15) is 0 Å². The summed E-state index contributed by atoms with van der Waals surface area (Å²) in [5, 5.41) is 9.29. The Kier molecular flexibility index (Phi) is 4.03. The van der Waals surface area contributed by atoms with Gasteiger partial charge < -0.3 is 14.6 Å². The molecule has 0 spiro atoms. The van der Waals surface area contributed by atoms with Crippen LogP contribution in [0.1, 0.15) is 50.5 Å². The van der Waals surface area contributed by atoms with Crippen molar-refractivity contribution in [2.24, 2.45) is 23.2 Å². The molecule has 5 rings (SSSR count). The first-order chi connectivity index (χ1) is 11.6. The highest BCUT2D eigenvalue weighted by molar-refractivity contribution is 5.74. The van der Waals surface area contributed by atoms with E-state index in [1.807, 2.05) is 0 Å². The lowest BCUT2D eigenvalue weighted by Crippen LogP contribution is -2.47. The van der Waals surface area contributed by atoms with Crippen LogP contribution in [-0.2, 0) is 11.4 Å². The SMILES string of the molecule is COc1ccc(CO)cc1OC(=O)CC12CC3CC(CC(C3)C1)C2. The molecule has 4 nitrogen and oxygen atoms in total. The minimum absolute atomic E-state index is 0.0798. The summed E-state index contributed by atoms with van der Waals surface area (Å²) in [6.45, 7) is -0.0798. The van der Waals surface area contributed by atoms with E-state index in [9.17, 15) is 9.90 Å². The maximum absolute atomic E-state index is 12.6. The molecule has 0 aromatic heterocycles.